The Kier molecular flexibility index (Phi) is 3.78. The molecule has 2 nitrogen and oxygen atoms in total. The number of carboxylic acids is 1. The molecule has 0 fully saturated rings. The summed E-state index contributed by atoms with van der Waals surface area (Å²) in [6.07, 6.45) is 0. The third-order valence-corrected chi connectivity index (χ3v) is 2.51. The van der Waals surface area contributed by atoms with E-state index < -0.39 is 11.9 Å². The molecule has 2 heteroatoms. The number of hydrogen-bond acceptors (Lipinski definition) is 1. The highest BCUT2D eigenvalue weighted by Crippen LogP contribution is 2.14. The minimum absolute atomic E-state index is 0.702. The normalized spacial score (nSPS) is 11.1. The molecule has 0 aliphatic rings. The average molecular weight is 236 g/mol. The first-order valence-electron chi connectivity index (χ1n) is 5.62. The molecule has 2 aromatic carbocycles. The lowest BCUT2D eigenvalue weighted by Crippen LogP contribution is -2.09. The van der Waals surface area contributed by atoms with Gasteiger partial charge in [-0.05, 0) is 17.7 Å². The van der Waals surface area contributed by atoms with Crippen molar-refractivity contribution in [3.63, 3.8) is 0 Å². The SMILES string of the molecule is O=C(O)C(C#Cc1ccccc1)c1ccccc1. The smallest absolute Gasteiger partial charge is 0.323 e. The number of carbonyl (C=O) groups is 1. The summed E-state index contributed by atoms with van der Waals surface area (Å²) in [5, 5.41) is 9.20. The van der Waals surface area contributed by atoms with Crippen LogP contribution in [0.2, 0.25) is 0 Å². The van der Waals surface area contributed by atoms with Gasteiger partial charge in [-0.2, -0.15) is 0 Å². The van der Waals surface area contributed by atoms with Crippen molar-refractivity contribution in [2.45, 2.75) is 5.92 Å². The summed E-state index contributed by atoms with van der Waals surface area (Å²) < 4.78 is 0. The minimum atomic E-state index is -0.926. The van der Waals surface area contributed by atoms with E-state index in [0.717, 1.165) is 5.56 Å². The van der Waals surface area contributed by atoms with Crippen LogP contribution in [0.25, 0.3) is 0 Å². The van der Waals surface area contributed by atoms with Gasteiger partial charge >= 0.3 is 5.97 Å². The Hall–Kier alpha value is -2.53. The Labute approximate surface area is 106 Å². The summed E-state index contributed by atoms with van der Waals surface area (Å²) in [5.41, 5.74) is 1.52. The van der Waals surface area contributed by atoms with Crippen molar-refractivity contribution >= 4 is 5.97 Å². The van der Waals surface area contributed by atoms with Crippen LogP contribution in [0.4, 0.5) is 0 Å². The molecule has 0 bridgehead atoms. The van der Waals surface area contributed by atoms with Crippen LogP contribution < -0.4 is 0 Å². The van der Waals surface area contributed by atoms with E-state index in [2.05, 4.69) is 11.8 Å². The van der Waals surface area contributed by atoms with Gasteiger partial charge in [0.2, 0.25) is 0 Å². The monoisotopic (exact) mass is 236 g/mol. The molecule has 0 radical (unpaired) electrons. The third-order valence-electron chi connectivity index (χ3n) is 2.51. The zero-order chi connectivity index (χ0) is 12.8. The Bertz CT molecular complexity index is 577. The first kappa shape index (κ1) is 11.9. The van der Waals surface area contributed by atoms with Crippen LogP contribution in [0, 0.1) is 11.8 Å². The number of hydrogen-bond donors (Lipinski definition) is 1. The van der Waals surface area contributed by atoms with E-state index in [1.807, 2.05) is 48.5 Å². The molecule has 1 atom stereocenters. The number of benzene rings is 2. The van der Waals surface area contributed by atoms with Crippen molar-refractivity contribution in [1.29, 1.82) is 0 Å². The van der Waals surface area contributed by atoms with Crippen molar-refractivity contribution in [3.05, 3.63) is 71.8 Å². The van der Waals surface area contributed by atoms with Crippen molar-refractivity contribution in [3.8, 4) is 11.8 Å². The van der Waals surface area contributed by atoms with Gasteiger partial charge in [0.15, 0.2) is 0 Å². The van der Waals surface area contributed by atoms with Crippen molar-refractivity contribution < 1.29 is 9.90 Å². The standard InChI is InChI=1S/C16H12O2/c17-16(18)15(14-9-5-2-6-10-14)12-11-13-7-3-1-4-8-13/h1-10,15H,(H,17,18). The fourth-order valence-electron chi connectivity index (χ4n) is 1.61. The average Bonchev–Trinajstić information content (AvgIpc) is 2.41. The lowest BCUT2D eigenvalue weighted by atomic mass is 9.99. The van der Waals surface area contributed by atoms with Crippen molar-refractivity contribution in [1.82, 2.24) is 0 Å². The van der Waals surface area contributed by atoms with E-state index in [0.29, 0.717) is 5.56 Å². The van der Waals surface area contributed by atoms with Crippen LogP contribution in [-0.4, -0.2) is 11.1 Å². The van der Waals surface area contributed by atoms with Gasteiger partial charge in [0, 0.05) is 5.56 Å². The number of carboxylic acid groups (broad SMARTS) is 1. The molecule has 0 aliphatic carbocycles. The highest BCUT2D eigenvalue weighted by Gasteiger charge is 2.16. The lowest BCUT2D eigenvalue weighted by molar-refractivity contribution is -0.137. The number of rotatable bonds is 2. The first-order chi connectivity index (χ1) is 8.77. The predicted octanol–water partition coefficient (Wildman–Crippen LogP) is 2.91. The minimum Gasteiger partial charge on any atom is -0.480 e. The summed E-state index contributed by atoms with van der Waals surface area (Å²) in [7, 11) is 0. The zero-order valence-corrected chi connectivity index (χ0v) is 9.71. The molecule has 88 valence electrons. The molecule has 18 heavy (non-hydrogen) atoms. The van der Waals surface area contributed by atoms with Gasteiger partial charge in [0.05, 0.1) is 0 Å². The summed E-state index contributed by atoms with van der Waals surface area (Å²) in [6, 6.07) is 18.4. The highest BCUT2D eigenvalue weighted by molar-refractivity contribution is 5.80. The summed E-state index contributed by atoms with van der Waals surface area (Å²) in [5.74, 6) is 3.98. The molecule has 0 saturated carbocycles. The lowest BCUT2D eigenvalue weighted by Gasteiger charge is -2.04. The van der Waals surface area contributed by atoms with Gasteiger partial charge in [-0.1, -0.05) is 60.4 Å². The molecule has 0 aliphatic heterocycles. The maximum absolute atomic E-state index is 11.2. The largest absolute Gasteiger partial charge is 0.480 e. The maximum atomic E-state index is 11.2. The Morgan fingerprint density at radius 2 is 1.50 bits per heavy atom. The number of aliphatic carboxylic acids is 1. The van der Waals surface area contributed by atoms with E-state index in [-0.39, 0.29) is 0 Å². The summed E-state index contributed by atoms with van der Waals surface area (Å²) in [6.45, 7) is 0. The molecular weight excluding hydrogens is 224 g/mol. The van der Waals surface area contributed by atoms with Crippen LogP contribution in [-0.2, 0) is 4.79 Å². The van der Waals surface area contributed by atoms with Gasteiger partial charge in [-0.25, -0.2) is 0 Å². The van der Waals surface area contributed by atoms with E-state index >= 15 is 0 Å². The van der Waals surface area contributed by atoms with Gasteiger partial charge in [-0.3, -0.25) is 4.79 Å². The van der Waals surface area contributed by atoms with Crippen LogP contribution in [0.15, 0.2) is 60.7 Å². The quantitative estimate of drug-likeness (QED) is 0.814. The molecule has 0 heterocycles. The van der Waals surface area contributed by atoms with Crippen LogP contribution in [0.3, 0.4) is 0 Å². The van der Waals surface area contributed by atoms with E-state index in [4.69, 9.17) is 0 Å². The maximum Gasteiger partial charge on any atom is 0.323 e. The van der Waals surface area contributed by atoms with Crippen molar-refractivity contribution in [2.24, 2.45) is 0 Å². The molecule has 2 rings (SSSR count). The van der Waals surface area contributed by atoms with E-state index in [1.165, 1.54) is 0 Å². The molecule has 2 aromatic rings. The van der Waals surface area contributed by atoms with Crippen LogP contribution in [0.5, 0.6) is 0 Å². The highest BCUT2D eigenvalue weighted by atomic mass is 16.4. The predicted molar refractivity (Wildman–Crippen MR) is 70.1 cm³/mol. The van der Waals surface area contributed by atoms with Gasteiger partial charge < -0.3 is 5.11 Å². The van der Waals surface area contributed by atoms with Gasteiger partial charge in [0.25, 0.3) is 0 Å². The van der Waals surface area contributed by atoms with Crippen LogP contribution >= 0.6 is 0 Å². The molecule has 1 N–H and O–H groups in total. The second-order valence-corrected chi connectivity index (χ2v) is 3.82. The Morgan fingerprint density at radius 1 is 0.944 bits per heavy atom. The zero-order valence-electron chi connectivity index (χ0n) is 9.71. The van der Waals surface area contributed by atoms with Gasteiger partial charge in [0.1, 0.15) is 5.92 Å². The Morgan fingerprint density at radius 3 is 2.06 bits per heavy atom. The molecule has 0 saturated heterocycles. The molecule has 0 spiro atoms. The fraction of sp³-hybridized carbons (Fsp3) is 0.0625. The van der Waals surface area contributed by atoms with Crippen LogP contribution in [0.1, 0.15) is 17.0 Å². The van der Waals surface area contributed by atoms with E-state index in [1.54, 1.807) is 12.1 Å². The summed E-state index contributed by atoms with van der Waals surface area (Å²) >= 11 is 0. The Balaban J connectivity index is 2.29. The fourth-order valence-corrected chi connectivity index (χ4v) is 1.61. The molecule has 0 amide bonds. The van der Waals surface area contributed by atoms with Gasteiger partial charge in [-0.15, -0.1) is 0 Å². The van der Waals surface area contributed by atoms with E-state index in [9.17, 15) is 9.90 Å². The molecule has 1 unspecified atom stereocenters. The molecule has 0 aromatic heterocycles. The second kappa shape index (κ2) is 5.70. The topological polar surface area (TPSA) is 37.3 Å². The first-order valence-corrected chi connectivity index (χ1v) is 5.62. The van der Waals surface area contributed by atoms with Crippen molar-refractivity contribution in [2.75, 3.05) is 0 Å². The third kappa shape index (κ3) is 2.99. The molecular formula is C16H12O2. The summed E-state index contributed by atoms with van der Waals surface area (Å²) in [4.78, 5) is 11.2. The second-order valence-electron chi connectivity index (χ2n) is 3.82.